The molecule has 0 heterocycles. The molecule has 1 aromatic rings. The highest BCUT2D eigenvalue weighted by Gasteiger charge is 2.07. The number of hydrogen-bond donors (Lipinski definition) is 1. The Hall–Kier alpha value is -1.02. The fourth-order valence-electron chi connectivity index (χ4n) is 1.81. The van der Waals surface area contributed by atoms with E-state index in [9.17, 15) is 0 Å². The van der Waals surface area contributed by atoms with Gasteiger partial charge in [0.2, 0.25) is 0 Å². The van der Waals surface area contributed by atoms with Crippen molar-refractivity contribution in [1.82, 2.24) is 0 Å². The number of rotatable bonds is 6. The first-order valence-corrected chi connectivity index (χ1v) is 6.11. The molecule has 2 N–H and O–H groups in total. The summed E-state index contributed by atoms with van der Waals surface area (Å²) in [6, 6.07) is 8.62. The van der Waals surface area contributed by atoms with Crippen LogP contribution >= 0.6 is 0 Å². The largest absolute Gasteiger partial charge is 0.494 e. The number of nitrogens with two attached hydrogens (primary N) is 1. The van der Waals surface area contributed by atoms with Crippen molar-refractivity contribution < 1.29 is 4.74 Å². The molecule has 0 aliphatic heterocycles. The minimum absolute atomic E-state index is 0.256. The number of ether oxygens (including phenoxy) is 1. The van der Waals surface area contributed by atoms with Crippen LogP contribution in [-0.4, -0.2) is 12.6 Å². The van der Waals surface area contributed by atoms with Crippen molar-refractivity contribution in [3.63, 3.8) is 0 Å². The second-order valence-electron chi connectivity index (χ2n) is 4.53. The lowest BCUT2D eigenvalue weighted by Gasteiger charge is -2.14. The van der Waals surface area contributed by atoms with E-state index in [0.717, 1.165) is 25.2 Å². The molecule has 90 valence electrons. The Morgan fingerprint density at radius 3 is 2.31 bits per heavy atom. The molecule has 0 bridgehead atoms. The fraction of sp³-hybridized carbons (Fsp3) is 0.571. The Morgan fingerprint density at radius 1 is 1.19 bits per heavy atom. The molecule has 2 atom stereocenters. The fourth-order valence-corrected chi connectivity index (χ4v) is 1.81. The van der Waals surface area contributed by atoms with E-state index in [0.29, 0.717) is 5.92 Å². The minimum Gasteiger partial charge on any atom is -0.494 e. The maximum absolute atomic E-state index is 5.80. The van der Waals surface area contributed by atoms with Crippen LogP contribution in [0.5, 0.6) is 5.75 Å². The first kappa shape index (κ1) is 13.0. The van der Waals surface area contributed by atoms with Crippen LogP contribution in [0.4, 0.5) is 0 Å². The third-order valence-corrected chi connectivity index (χ3v) is 2.65. The van der Waals surface area contributed by atoms with E-state index in [2.05, 4.69) is 32.9 Å². The van der Waals surface area contributed by atoms with Gasteiger partial charge < -0.3 is 10.5 Å². The van der Waals surface area contributed by atoms with E-state index in [1.54, 1.807) is 0 Å². The number of hydrogen-bond acceptors (Lipinski definition) is 2. The van der Waals surface area contributed by atoms with E-state index < -0.39 is 0 Å². The summed E-state index contributed by atoms with van der Waals surface area (Å²) >= 11 is 0. The zero-order valence-electron chi connectivity index (χ0n) is 10.6. The van der Waals surface area contributed by atoms with Crippen LogP contribution in [0.3, 0.4) is 0 Å². The van der Waals surface area contributed by atoms with Gasteiger partial charge in [-0.25, -0.2) is 0 Å². The molecular weight excluding hydrogens is 198 g/mol. The average molecular weight is 221 g/mol. The topological polar surface area (TPSA) is 35.2 Å². The second-order valence-corrected chi connectivity index (χ2v) is 4.53. The van der Waals surface area contributed by atoms with E-state index in [1.807, 2.05) is 12.1 Å². The summed E-state index contributed by atoms with van der Waals surface area (Å²) in [6.07, 6.45) is 2.07. The van der Waals surface area contributed by atoms with Crippen molar-refractivity contribution in [3.8, 4) is 5.75 Å². The van der Waals surface area contributed by atoms with Crippen molar-refractivity contribution in [2.45, 2.75) is 45.6 Å². The van der Waals surface area contributed by atoms with Crippen molar-refractivity contribution in [1.29, 1.82) is 0 Å². The molecule has 0 spiro atoms. The van der Waals surface area contributed by atoms with Gasteiger partial charge in [0.25, 0.3) is 0 Å². The molecule has 0 saturated carbocycles. The maximum Gasteiger partial charge on any atom is 0.119 e. The van der Waals surface area contributed by atoms with Crippen LogP contribution in [0, 0.1) is 0 Å². The third kappa shape index (κ3) is 4.23. The quantitative estimate of drug-likeness (QED) is 0.799. The first-order valence-electron chi connectivity index (χ1n) is 6.11. The molecule has 2 heteroatoms. The average Bonchev–Trinajstić information content (AvgIpc) is 2.26. The molecule has 0 fully saturated rings. The zero-order valence-corrected chi connectivity index (χ0v) is 10.6. The van der Waals surface area contributed by atoms with Gasteiger partial charge in [-0.05, 0) is 43.4 Å². The van der Waals surface area contributed by atoms with Crippen LogP contribution in [0.15, 0.2) is 24.3 Å². The summed E-state index contributed by atoms with van der Waals surface area (Å²) in [4.78, 5) is 0. The molecule has 0 radical (unpaired) electrons. The van der Waals surface area contributed by atoms with Crippen LogP contribution in [-0.2, 0) is 0 Å². The number of benzene rings is 1. The van der Waals surface area contributed by atoms with Crippen molar-refractivity contribution in [2.24, 2.45) is 5.73 Å². The van der Waals surface area contributed by atoms with Gasteiger partial charge in [-0.2, -0.15) is 0 Å². The first-order chi connectivity index (χ1) is 7.63. The van der Waals surface area contributed by atoms with Crippen molar-refractivity contribution in [3.05, 3.63) is 29.8 Å². The Balaban J connectivity index is 2.56. The third-order valence-electron chi connectivity index (χ3n) is 2.65. The van der Waals surface area contributed by atoms with Gasteiger partial charge in [0.1, 0.15) is 5.75 Å². The Morgan fingerprint density at radius 2 is 1.81 bits per heavy atom. The molecule has 16 heavy (non-hydrogen) atoms. The highest BCUT2D eigenvalue weighted by molar-refractivity contribution is 5.29. The molecule has 2 nitrogen and oxygen atoms in total. The molecule has 0 amide bonds. The van der Waals surface area contributed by atoms with E-state index >= 15 is 0 Å². The summed E-state index contributed by atoms with van der Waals surface area (Å²) in [5.41, 5.74) is 7.14. The summed E-state index contributed by atoms with van der Waals surface area (Å²) in [6.45, 7) is 7.16. The lowest BCUT2D eigenvalue weighted by atomic mass is 9.95. The Labute approximate surface area is 98.8 Å². The zero-order chi connectivity index (χ0) is 12.0. The highest BCUT2D eigenvalue weighted by atomic mass is 16.5. The van der Waals surface area contributed by atoms with Gasteiger partial charge in [0.05, 0.1) is 6.61 Å². The normalized spacial score (nSPS) is 14.5. The molecule has 0 saturated heterocycles. The monoisotopic (exact) mass is 221 g/mol. The lowest BCUT2D eigenvalue weighted by molar-refractivity contribution is 0.317. The van der Waals surface area contributed by atoms with Crippen LogP contribution in [0.1, 0.15) is 45.1 Å². The van der Waals surface area contributed by atoms with Gasteiger partial charge in [0.15, 0.2) is 0 Å². The Kier molecular flexibility index (Phi) is 5.33. The minimum atomic E-state index is 0.256. The predicted octanol–water partition coefficient (Wildman–Crippen LogP) is 3.32. The van der Waals surface area contributed by atoms with E-state index in [4.69, 9.17) is 10.5 Å². The standard InChI is InChI=1S/C14H23NO/c1-4-9-16-14-7-5-13(6-8-14)11(2)10-12(3)15/h5-8,11-12H,4,9-10,15H2,1-3H3. The highest BCUT2D eigenvalue weighted by Crippen LogP contribution is 2.22. The molecular formula is C14H23NO. The SMILES string of the molecule is CCCOc1ccc(C(C)CC(C)N)cc1. The van der Waals surface area contributed by atoms with Crippen LogP contribution in [0.25, 0.3) is 0 Å². The summed E-state index contributed by atoms with van der Waals surface area (Å²) in [5, 5.41) is 0. The predicted molar refractivity (Wildman–Crippen MR) is 68.9 cm³/mol. The van der Waals surface area contributed by atoms with Gasteiger partial charge in [-0.15, -0.1) is 0 Å². The summed E-state index contributed by atoms with van der Waals surface area (Å²) in [7, 11) is 0. The summed E-state index contributed by atoms with van der Waals surface area (Å²) in [5.74, 6) is 1.47. The molecule has 0 aliphatic rings. The second kappa shape index (κ2) is 6.54. The van der Waals surface area contributed by atoms with Crippen molar-refractivity contribution >= 4 is 0 Å². The molecule has 0 aromatic heterocycles. The van der Waals surface area contributed by atoms with Crippen LogP contribution < -0.4 is 10.5 Å². The molecule has 1 aromatic carbocycles. The smallest absolute Gasteiger partial charge is 0.119 e. The van der Waals surface area contributed by atoms with E-state index in [1.165, 1.54) is 5.56 Å². The molecule has 0 aliphatic carbocycles. The maximum atomic E-state index is 5.80. The van der Waals surface area contributed by atoms with Crippen molar-refractivity contribution in [2.75, 3.05) is 6.61 Å². The van der Waals surface area contributed by atoms with Crippen LogP contribution in [0.2, 0.25) is 0 Å². The van der Waals surface area contributed by atoms with E-state index in [-0.39, 0.29) is 6.04 Å². The lowest BCUT2D eigenvalue weighted by Crippen LogP contribution is -2.17. The summed E-state index contributed by atoms with van der Waals surface area (Å²) < 4.78 is 5.55. The molecule has 2 unspecified atom stereocenters. The molecule has 1 rings (SSSR count). The Bertz CT molecular complexity index is 292. The van der Waals surface area contributed by atoms with Gasteiger partial charge >= 0.3 is 0 Å². The van der Waals surface area contributed by atoms with Gasteiger partial charge in [-0.3, -0.25) is 0 Å². The van der Waals surface area contributed by atoms with Gasteiger partial charge in [-0.1, -0.05) is 26.0 Å². The van der Waals surface area contributed by atoms with Gasteiger partial charge in [0, 0.05) is 6.04 Å².